The lowest BCUT2D eigenvalue weighted by Crippen LogP contribution is -2.11. The van der Waals surface area contributed by atoms with Gasteiger partial charge in [0, 0.05) is 24.2 Å². The van der Waals surface area contributed by atoms with Crippen molar-refractivity contribution in [3.05, 3.63) is 100 Å². The monoisotopic (exact) mass is 416 g/mol. The van der Waals surface area contributed by atoms with Crippen molar-refractivity contribution in [3.63, 3.8) is 0 Å². The van der Waals surface area contributed by atoms with E-state index in [4.69, 9.17) is 11.6 Å². The SMILES string of the molecule is O=C(/C=C/c1ccc(Cc2ccncc2)cc1)Nc1ccc(Cl)c(C(F)(F)F)c1. The minimum absolute atomic E-state index is 0.0177. The van der Waals surface area contributed by atoms with Crippen LogP contribution < -0.4 is 5.32 Å². The molecule has 2 aromatic carbocycles. The van der Waals surface area contributed by atoms with Crippen molar-refractivity contribution >= 4 is 29.3 Å². The topological polar surface area (TPSA) is 42.0 Å². The van der Waals surface area contributed by atoms with Gasteiger partial charge in [0.25, 0.3) is 0 Å². The summed E-state index contributed by atoms with van der Waals surface area (Å²) in [7, 11) is 0. The molecule has 0 aliphatic carbocycles. The van der Waals surface area contributed by atoms with E-state index in [-0.39, 0.29) is 5.69 Å². The Bertz CT molecular complexity index is 1020. The maximum atomic E-state index is 12.9. The zero-order valence-corrected chi connectivity index (χ0v) is 15.8. The number of anilines is 1. The van der Waals surface area contributed by atoms with Crippen molar-refractivity contribution < 1.29 is 18.0 Å². The molecule has 1 N–H and O–H groups in total. The van der Waals surface area contributed by atoms with Gasteiger partial charge < -0.3 is 5.32 Å². The number of nitrogens with one attached hydrogen (secondary N) is 1. The summed E-state index contributed by atoms with van der Waals surface area (Å²) >= 11 is 5.57. The van der Waals surface area contributed by atoms with Crippen molar-refractivity contribution in [2.24, 2.45) is 0 Å². The first-order valence-corrected chi connectivity index (χ1v) is 9.03. The summed E-state index contributed by atoms with van der Waals surface area (Å²) in [5.74, 6) is -0.540. The molecular formula is C22H16ClF3N2O. The van der Waals surface area contributed by atoms with Crippen LogP contribution in [0.1, 0.15) is 22.3 Å². The first kappa shape index (κ1) is 20.6. The number of hydrogen-bond donors (Lipinski definition) is 1. The number of halogens is 4. The van der Waals surface area contributed by atoms with Crippen LogP contribution in [-0.4, -0.2) is 10.9 Å². The third-order valence-corrected chi connectivity index (χ3v) is 4.43. The van der Waals surface area contributed by atoms with E-state index in [1.807, 2.05) is 36.4 Å². The molecule has 1 aromatic heterocycles. The minimum atomic E-state index is -4.59. The Balaban J connectivity index is 1.62. The van der Waals surface area contributed by atoms with Crippen molar-refractivity contribution in [2.45, 2.75) is 12.6 Å². The van der Waals surface area contributed by atoms with Crippen molar-refractivity contribution in [1.82, 2.24) is 4.98 Å². The number of amides is 1. The Labute approximate surface area is 170 Å². The Morgan fingerprint density at radius 3 is 2.31 bits per heavy atom. The Morgan fingerprint density at radius 2 is 1.66 bits per heavy atom. The van der Waals surface area contributed by atoms with Gasteiger partial charge in [-0.2, -0.15) is 13.2 Å². The molecule has 0 radical (unpaired) electrons. The fourth-order valence-electron chi connectivity index (χ4n) is 2.66. The van der Waals surface area contributed by atoms with Gasteiger partial charge >= 0.3 is 6.18 Å². The fraction of sp³-hybridized carbons (Fsp3) is 0.0909. The number of benzene rings is 2. The quantitative estimate of drug-likeness (QED) is 0.518. The number of carbonyl (C=O) groups is 1. The van der Waals surface area contributed by atoms with Crippen LogP contribution in [0.4, 0.5) is 18.9 Å². The molecule has 7 heteroatoms. The number of pyridine rings is 1. The number of alkyl halides is 3. The van der Waals surface area contributed by atoms with Crippen LogP contribution in [0.2, 0.25) is 5.02 Å². The zero-order chi connectivity index (χ0) is 20.9. The average Bonchev–Trinajstić information content (AvgIpc) is 2.69. The van der Waals surface area contributed by atoms with Crippen molar-refractivity contribution in [1.29, 1.82) is 0 Å². The van der Waals surface area contributed by atoms with E-state index in [0.29, 0.717) is 0 Å². The van der Waals surface area contributed by atoms with Gasteiger partial charge in [-0.25, -0.2) is 0 Å². The van der Waals surface area contributed by atoms with E-state index in [1.54, 1.807) is 18.5 Å². The van der Waals surface area contributed by atoms with E-state index in [0.717, 1.165) is 35.2 Å². The summed E-state index contributed by atoms with van der Waals surface area (Å²) in [5.41, 5.74) is 2.07. The summed E-state index contributed by atoms with van der Waals surface area (Å²) in [4.78, 5) is 16.0. The average molecular weight is 417 g/mol. The minimum Gasteiger partial charge on any atom is -0.322 e. The second kappa shape index (κ2) is 8.92. The number of rotatable bonds is 5. The predicted octanol–water partition coefficient (Wildman–Crippen LogP) is 6.00. The molecule has 1 heterocycles. The molecule has 3 rings (SSSR count). The molecule has 0 bridgehead atoms. The molecule has 0 unspecified atom stereocenters. The third-order valence-electron chi connectivity index (χ3n) is 4.10. The molecule has 0 saturated heterocycles. The van der Waals surface area contributed by atoms with Gasteiger partial charge in [0.05, 0.1) is 10.6 Å². The highest BCUT2D eigenvalue weighted by molar-refractivity contribution is 6.31. The molecule has 0 atom stereocenters. The summed E-state index contributed by atoms with van der Waals surface area (Å²) in [6.45, 7) is 0. The molecule has 3 nitrogen and oxygen atoms in total. The smallest absolute Gasteiger partial charge is 0.322 e. The van der Waals surface area contributed by atoms with E-state index in [1.165, 1.54) is 12.1 Å². The summed E-state index contributed by atoms with van der Waals surface area (Å²) in [6.07, 6.45) is 2.51. The first-order chi connectivity index (χ1) is 13.8. The summed E-state index contributed by atoms with van der Waals surface area (Å²) < 4.78 is 38.7. The second-order valence-electron chi connectivity index (χ2n) is 6.29. The second-order valence-corrected chi connectivity index (χ2v) is 6.70. The molecule has 0 spiro atoms. The lowest BCUT2D eigenvalue weighted by atomic mass is 10.0. The highest BCUT2D eigenvalue weighted by atomic mass is 35.5. The highest BCUT2D eigenvalue weighted by Crippen LogP contribution is 2.36. The summed E-state index contributed by atoms with van der Waals surface area (Å²) in [5, 5.41) is 1.99. The molecule has 29 heavy (non-hydrogen) atoms. The Morgan fingerprint density at radius 1 is 1.00 bits per heavy atom. The van der Waals surface area contributed by atoms with Gasteiger partial charge in [0.2, 0.25) is 5.91 Å². The lowest BCUT2D eigenvalue weighted by Gasteiger charge is -2.11. The highest BCUT2D eigenvalue weighted by Gasteiger charge is 2.33. The van der Waals surface area contributed by atoms with E-state index in [2.05, 4.69) is 10.3 Å². The maximum absolute atomic E-state index is 12.9. The first-order valence-electron chi connectivity index (χ1n) is 8.65. The Kier molecular flexibility index (Phi) is 6.34. The van der Waals surface area contributed by atoms with E-state index in [9.17, 15) is 18.0 Å². The van der Waals surface area contributed by atoms with Gasteiger partial charge in [-0.15, -0.1) is 0 Å². The fourth-order valence-corrected chi connectivity index (χ4v) is 2.88. The van der Waals surface area contributed by atoms with Gasteiger partial charge in [0.1, 0.15) is 0 Å². The number of hydrogen-bond acceptors (Lipinski definition) is 2. The van der Waals surface area contributed by atoms with Crippen LogP contribution in [0, 0.1) is 0 Å². The molecule has 148 valence electrons. The molecule has 0 saturated carbocycles. The van der Waals surface area contributed by atoms with Crippen LogP contribution in [0.15, 0.2) is 73.1 Å². The number of nitrogens with zero attached hydrogens (tertiary/aromatic N) is 1. The molecule has 0 aliphatic heterocycles. The zero-order valence-electron chi connectivity index (χ0n) is 15.1. The number of carbonyl (C=O) groups excluding carboxylic acids is 1. The van der Waals surface area contributed by atoms with Gasteiger partial charge in [0.15, 0.2) is 0 Å². The van der Waals surface area contributed by atoms with Crippen LogP contribution in [0.25, 0.3) is 6.08 Å². The normalized spacial score (nSPS) is 11.6. The van der Waals surface area contributed by atoms with Gasteiger partial charge in [-0.05, 0) is 59.5 Å². The van der Waals surface area contributed by atoms with Gasteiger partial charge in [-0.1, -0.05) is 35.9 Å². The third kappa shape index (κ3) is 5.93. The summed E-state index contributed by atoms with van der Waals surface area (Å²) in [6, 6.07) is 14.7. The van der Waals surface area contributed by atoms with Crippen LogP contribution in [-0.2, 0) is 17.4 Å². The van der Waals surface area contributed by atoms with Crippen molar-refractivity contribution in [3.8, 4) is 0 Å². The molecule has 3 aromatic rings. The van der Waals surface area contributed by atoms with E-state index < -0.39 is 22.7 Å². The lowest BCUT2D eigenvalue weighted by molar-refractivity contribution is -0.137. The van der Waals surface area contributed by atoms with Gasteiger partial charge in [-0.3, -0.25) is 9.78 Å². The Hall–Kier alpha value is -3.12. The molecule has 0 aliphatic rings. The van der Waals surface area contributed by atoms with Crippen LogP contribution in [0.5, 0.6) is 0 Å². The largest absolute Gasteiger partial charge is 0.417 e. The maximum Gasteiger partial charge on any atom is 0.417 e. The molecule has 0 fully saturated rings. The molecule has 1 amide bonds. The predicted molar refractivity (Wildman–Crippen MR) is 108 cm³/mol. The standard InChI is InChI=1S/C22H16ClF3N2O/c23-20-7-6-18(14-19(20)22(24,25)26)28-21(29)8-5-15-1-3-16(4-2-15)13-17-9-11-27-12-10-17/h1-12,14H,13H2,(H,28,29)/b8-5+. The van der Waals surface area contributed by atoms with Crippen LogP contribution in [0.3, 0.4) is 0 Å². The number of aromatic nitrogens is 1. The molecular weight excluding hydrogens is 401 g/mol. The van der Waals surface area contributed by atoms with Crippen LogP contribution >= 0.6 is 11.6 Å². The van der Waals surface area contributed by atoms with Crippen molar-refractivity contribution in [2.75, 3.05) is 5.32 Å². The van der Waals surface area contributed by atoms with E-state index >= 15 is 0 Å².